The van der Waals surface area contributed by atoms with E-state index in [4.69, 9.17) is 9.72 Å². The van der Waals surface area contributed by atoms with Crippen molar-refractivity contribution in [1.82, 2.24) is 29.7 Å². The number of amides is 1. The minimum Gasteiger partial charge on any atom is -0.461 e. The van der Waals surface area contributed by atoms with Crippen molar-refractivity contribution in [3.63, 3.8) is 0 Å². The van der Waals surface area contributed by atoms with Gasteiger partial charge in [-0.2, -0.15) is 27.0 Å². The Labute approximate surface area is 314 Å². The SMILES string of the molecule is N#CC[C@H]1CN(c2nc(OC[C@@]34CCCN3C[C@H](F)C4)nc3c(F)c(-c4cccc5ccc(F)c(F)c45)ncc23)CCN1C(=O)/C=C/CN1CCSCC1. The van der Waals surface area contributed by atoms with E-state index in [-0.39, 0.29) is 65.6 Å². The van der Waals surface area contributed by atoms with Gasteiger partial charge in [-0.1, -0.05) is 30.3 Å². The minimum absolute atomic E-state index is 0.0559. The number of benzene rings is 2. The fourth-order valence-electron chi connectivity index (χ4n) is 8.47. The average molecular weight is 761 g/mol. The molecule has 0 bridgehead atoms. The molecule has 0 spiro atoms. The first-order valence-corrected chi connectivity index (χ1v) is 19.5. The lowest BCUT2D eigenvalue weighted by atomic mass is 9.95. The molecule has 4 aromatic rings. The summed E-state index contributed by atoms with van der Waals surface area (Å²) in [6.45, 7) is 4.63. The van der Waals surface area contributed by atoms with Crippen LogP contribution in [0.5, 0.6) is 6.01 Å². The van der Waals surface area contributed by atoms with Crippen LogP contribution in [0.2, 0.25) is 0 Å². The molecule has 15 heteroatoms. The maximum Gasteiger partial charge on any atom is 0.319 e. The topological polar surface area (TPSA) is 102 Å². The summed E-state index contributed by atoms with van der Waals surface area (Å²) in [6, 6.07) is 8.74. The molecule has 2 aromatic heterocycles. The molecule has 4 fully saturated rings. The molecule has 0 unspecified atom stereocenters. The molecule has 0 saturated carbocycles. The number of nitriles is 1. The van der Waals surface area contributed by atoms with Crippen LogP contribution >= 0.6 is 11.8 Å². The predicted octanol–water partition coefficient (Wildman–Crippen LogP) is 5.75. The van der Waals surface area contributed by atoms with Gasteiger partial charge in [0.1, 0.15) is 29.8 Å². The van der Waals surface area contributed by atoms with Crippen molar-refractivity contribution in [2.75, 3.05) is 75.4 Å². The van der Waals surface area contributed by atoms with E-state index in [0.29, 0.717) is 37.3 Å². The van der Waals surface area contributed by atoms with E-state index >= 15 is 8.78 Å². The first-order valence-electron chi connectivity index (χ1n) is 18.4. The largest absolute Gasteiger partial charge is 0.461 e. The number of alkyl halides is 1. The molecule has 4 aliphatic heterocycles. The van der Waals surface area contributed by atoms with Crippen LogP contribution in [-0.4, -0.2) is 124 Å². The lowest BCUT2D eigenvalue weighted by Gasteiger charge is -2.41. The number of aromatic nitrogens is 3. The third-order valence-electron chi connectivity index (χ3n) is 11.2. The molecule has 282 valence electrons. The Kier molecular flexibility index (Phi) is 10.3. The van der Waals surface area contributed by atoms with E-state index in [0.717, 1.165) is 50.0 Å². The van der Waals surface area contributed by atoms with Crippen LogP contribution in [0.1, 0.15) is 25.7 Å². The predicted molar refractivity (Wildman–Crippen MR) is 200 cm³/mol. The van der Waals surface area contributed by atoms with Gasteiger partial charge in [0.2, 0.25) is 5.91 Å². The molecule has 2 aromatic carbocycles. The van der Waals surface area contributed by atoms with Gasteiger partial charge in [0, 0.05) is 87.0 Å². The number of fused-ring (bicyclic) bond motifs is 3. The Bertz CT molecular complexity index is 2150. The van der Waals surface area contributed by atoms with Crippen LogP contribution in [0, 0.1) is 28.8 Å². The van der Waals surface area contributed by atoms with Crippen molar-refractivity contribution in [2.45, 2.75) is 43.4 Å². The van der Waals surface area contributed by atoms with Crippen LogP contribution in [0.25, 0.3) is 32.9 Å². The number of ether oxygens (including phenoxy) is 1. The van der Waals surface area contributed by atoms with Crippen LogP contribution in [0.3, 0.4) is 0 Å². The molecule has 0 N–H and O–H groups in total. The van der Waals surface area contributed by atoms with Crippen molar-refractivity contribution < 1.29 is 27.1 Å². The fraction of sp³-hybridized carbons (Fsp3) is 0.462. The van der Waals surface area contributed by atoms with Gasteiger partial charge < -0.3 is 14.5 Å². The summed E-state index contributed by atoms with van der Waals surface area (Å²) in [4.78, 5) is 35.1. The number of carbonyl (C=O) groups excluding carboxylic acids is 1. The van der Waals surface area contributed by atoms with E-state index < -0.39 is 35.2 Å². The number of hydrogen-bond acceptors (Lipinski definition) is 10. The van der Waals surface area contributed by atoms with Crippen LogP contribution in [0.4, 0.5) is 23.4 Å². The van der Waals surface area contributed by atoms with Gasteiger partial charge in [-0.25, -0.2) is 17.6 Å². The summed E-state index contributed by atoms with van der Waals surface area (Å²) in [6.07, 6.45) is 5.91. The molecule has 0 radical (unpaired) electrons. The van der Waals surface area contributed by atoms with Crippen molar-refractivity contribution in [3.8, 4) is 23.3 Å². The lowest BCUT2D eigenvalue weighted by molar-refractivity contribution is -0.128. The molecule has 8 rings (SSSR count). The van der Waals surface area contributed by atoms with Crippen LogP contribution in [-0.2, 0) is 4.79 Å². The Hall–Kier alpha value is -4.52. The molecule has 54 heavy (non-hydrogen) atoms. The Morgan fingerprint density at radius 1 is 1.06 bits per heavy atom. The van der Waals surface area contributed by atoms with E-state index in [1.165, 1.54) is 18.3 Å². The summed E-state index contributed by atoms with van der Waals surface area (Å²) in [5, 5.41) is 10.3. The zero-order valence-corrected chi connectivity index (χ0v) is 30.5. The molecule has 6 heterocycles. The Morgan fingerprint density at radius 3 is 2.74 bits per heavy atom. The van der Waals surface area contributed by atoms with Crippen molar-refractivity contribution in [2.24, 2.45) is 0 Å². The second-order valence-electron chi connectivity index (χ2n) is 14.5. The van der Waals surface area contributed by atoms with Gasteiger partial charge in [-0.05, 0) is 30.8 Å². The zero-order valence-electron chi connectivity index (χ0n) is 29.7. The minimum atomic E-state index is -1.11. The second kappa shape index (κ2) is 15.3. The first kappa shape index (κ1) is 36.5. The van der Waals surface area contributed by atoms with Gasteiger partial charge in [0.05, 0.1) is 29.5 Å². The van der Waals surface area contributed by atoms with Crippen LogP contribution < -0.4 is 9.64 Å². The molecule has 1 amide bonds. The highest BCUT2D eigenvalue weighted by atomic mass is 32.2. The summed E-state index contributed by atoms with van der Waals surface area (Å²) < 4.78 is 67.3. The first-order chi connectivity index (χ1) is 26.2. The van der Waals surface area contributed by atoms with E-state index in [1.807, 2.05) is 22.7 Å². The Balaban J connectivity index is 1.14. The van der Waals surface area contributed by atoms with Crippen LogP contribution in [0.15, 0.2) is 48.7 Å². The Morgan fingerprint density at radius 2 is 1.91 bits per heavy atom. The number of anilines is 1. The monoisotopic (exact) mass is 760 g/mol. The van der Waals surface area contributed by atoms with Gasteiger partial charge in [0.25, 0.3) is 0 Å². The maximum absolute atomic E-state index is 16.9. The molecular formula is C39H40F4N8O2S. The number of carbonyl (C=O) groups is 1. The standard InChI is InChI=1S/C39H40F4N8O2S/c40-26-20-39(10-3-13-50(39)22-26)24-53-38-46-36-29(21-45-35(34(36)43)28-5-1-4-25-7-8-30(41)33(42)32(25)28)37(47-38)49-14-15-51(27(23-49)9-11-44)31(52)6-2-12-48-16-18-54-19-17-48/h1-2,4-8,21,26-27H,3,9-10,12-20,22-24H2/b6-2+/t26-,27+,39+/m1/s1. The highest BCUT2D eigenvalue weighted by molar-refractivity contribution is 7.99. The second-order valence-corrected chi connectivity index (χ2v) is 15.7. The molecule has 3 atom stereocenters. The van der Waals surface area contributed by atoms with E-state index in [1.54, 1.807) is 23.1 Å². The number of halogens is 4. The molecule has 4 saturated heterocycles. The number of piperazine rings is 1. The fourth-order valence-corrected chi connectivity index (χ4v) is 9.45. The summed E-state index contributed by atoms with van der Waals surface area (Å²) in [7, 11) is 0. The molecule has 4 aliphatic rings. The quantitative estimate of drug-likeness (QED) is 0.155. The summed E-state index contributed by atoms with van der Waals surface area (Å²) in [5.74, 6) is -0.806. The smallest absolute Gasteiger partial charge is 0.319 e. The highest BCUT2D eigenvalue weighted by Crippen LogP contribution is 2.41. The van der Waals surface area contributed by atoms with Gasteiger partial charge in [-0.15, -0.1) is 0 Å². The third-order valence-corrected chi connectivity index (χ3v) is 12.1. The van der Waals surface area contributed by atoms with Crippen molar-refractivity contribution in [3.05, 3.63) is 66.1 Å². The average Bonchev–Trinajstić information content (AvgIpc) is 3.71. The van der Waals surface area contributed by atoms with Crippen molar-refractivity contribution >= 4 is 45.2 Å². The maximum atomic E-state index is 16.9. The molecule has 0 aliphatic carbocycles. The molecular weight excluding hydrogens is 721 g/mol. The number of nitrogens with zero attached hydrogens (tertiary/aromatic N) is 8. The summed E-state index contributed by atoms with van der Waals surface area (Å²) >= 11 is 1.92. The number of thioether (sulfide) groups is 1. The van der Waals surface area contributed by atoms with Gasteiger partial charge >= 0.3 is 6.01 Å². The number of pyridine rings is 1. The van der Waals surface area contributed by atoms with E-state index in [9.17, 15) is 18.8 Å². The lowest BCUT2D eigenvalue weighted by Crippen LogP contribution is -2.55. The summed E-state index contributed by atoms with van der Waals surface area (Å²) in [5.41, 5.74) is -0.828. The van der Waals surface area contributed by atoms with E-state index in [2.05, 4.69) is 25.8 Å². The van der Waals surface area contributed by atoms with Crippen molar-refractivity contribution in [1.29, 1.82) is 5.26 Å². The number of rotatable bonds is 9. The highest BCUT2D eigenvalue weighted by Gasteiger charge is 2.49. The molecule has 10 nitrogen and oxygen atoms in total. The normalized spacial score (nSPS) is 23.8. The zero-order chi connectivity index (χ0) is 37.4. The van der Waals surface area contributed by atoms with Gasteiger partial charge in [-0.3, -0.25) is 19.6 Å². The van der Waals surface area contributed by atoms with Gasteiger partial charge in [0.15, 0.2) is 17.5 Å². The third kappa shape index (κ3) is 6.95. The number of hydrogen-bond donors (Lipinski definition) is 0.